The van der Waals surface area contributed by atoms with E-state index in [0.29, 0.717) is 17.7 Å². The van der Waals surface area contributed by atoms with Crippen LogP contribution in [0.15, 0.2) is 48.5 Å². The Hall–Kier alpha value is -1.51. The van der Waals surface area contributed by atoms with E-state index in [1.54, 1.807) is 0 Å². The van der Waals surface area contributed by atoms with Crippen molar-refractivity contribution >= 4 is 11.6 Å². The van der Waals surface area contributed by atoms with E-state index in [-0.39, 0.29) is 0 Å². The van der Waals surface area contributed by atoms with Gasteiger partial charge in [-0.15, -0.1) is 0 Å². The fourth-order valence-electron chi connectivity index (χ4n) is 2.13. The standard InChI is InChI=1S/C17H18ClNO/c18-16-8-4-7-14(11-19-15-9-10-15)17(16)20-12-13-5-2-1-3-6-13/h1-8,15,19H,9-12H2. The third-order valence-corrected chi connectivity index (χ3v) is 3.73. The van der Waals surface area contributed by atoms with Crippen molar-refractivity contribution in [2.24, 2.45) is 0 Å². The number of ether oxygens (including phenoxy) is 1. The molecule has 0 bridgehead atoms. The first-order valence-corrected chi connectivity index (χ1v) is 7.38. The molecule has 1 fully saturated rings. The summed E-state index contributed by atoms with van der Waals surface area (Å²) < 4.78 is 5.93. The Morgan fingerprint density at radius 1 is 1.05 bits per heavy atom. The molecule has 0 unspecified atom stereocenters. The van der Waals surface area contributed by atoms with E-state index < -0.39 is 0 Å². The number of nitrogens with one attached hydrogen (secondary N) is 1. The quantitative estimate of drug-likeness (QED) is 0.861. The predicted molar refractivity (Wildman–Crippen MR) is 82.1 cm³/mol. The molecule has 20 heavy (non-hydrogen) atoms. The summed E-state index contributed by atoms with van der Waals surface area (Å²) in [5, 5.41) is 4.18. The Morgan fingerprint density at radius 3 is 2.60 bits per heavy atom. The first kappa shape index (κ1) is 13.5. The van der Waals surface area contributed by atoms with Crippen LogP contribution in [0.3, 0.4) is 0 Å². The molecule has 2 aromatic carbocycles. The van der Waals surface area contributed by atoms with Gasteiger partial charge in [0.1, 0.15) is 12.4 Å². The van der Waals surface area contributed by atoms with Gasteiger partial charge in [-0.05, 0) is 24.5 Å². The largest absolute Gasteiger partial charge is 0.487 e. The maximum absolute atomic E-state index is 6.27. The molecule has 0 saturated heterocycles. The maximum atomic E-state index is 6.27. The van der Waals surface area contributed by atoms with Crippen molar-refractivity contribution in [3.05, 3.63) is 64.7 Å². The van der Waals surface area contributed by atoms with Crippen molar-refractivity contribution in [1.29, 1.82) is 0 Å². The molecule has 0 heterocycles. The molecular weight excluding hydrogens is 270 g/mol. The van der Waals surface area contributed by atoms with Crippen LogP contribution in [0.1, 0.15) is 24.0 Å². The Labute approximate surface area is 124 Å². The lowest BCUT2D eigenvalue weighted by Gasteiger charge is -2.13. The lowest BCUT2D eigenvalue weighted by atomic mass is 10.2. The summed E-state index contributed by atoms with van der Waals surface area (Å²) in [5.74, 6) is 0.797. The Balaban J connectivity index is 1.69. The van der Waals surface area contributed by atoms with Crippen molar-refractivity contribution in [3.63, 3.8) is 0 Å². The molecule has 3 rings (SSSR count). The fourth-order valence-corrected chi connectivity index (χ4v) is 2.37. The van der Waals surface area contributed by atoms with E-state index in [9.17, 15) is 0 Å². The first-order chi connectivity index (χ1) is 9.83. The van der Waals surface area contributed by atoms with E-state index in [0.717, 1.165) is 23.4 Å². The van der Waals surface area contributed by atoms with Crippen LogP contribution in [0.25, 0.3) is 0 Å². The van der Waals surface area contributed by atoms with Crippen molar-refractivity contribution in [1.82, 2.24) is 5.32 Å². The zero-order valence-corrected chi connectivity index (χ0v) is 12.1. The second-order valence-corrected chi connectivity index (χ2v) is 5.56. The normalized spacial score (nSPS) is 14.2. The number of hydrogen-bond acceptors (Lipinski definition) is 2. The lowest BCUT2D eigenvalue weighted by molar-refractivity contribution is 0.302. The molecule has 0 aliphatic heterocycles. The first-order valence-electron chi connectivity index (χ1n) is 7.00. The summed E-state index contributed by atoms with van der Waals surface area (Å²) >= 11 is 6.27. The monoisotopic (exact) mass is 287 g/mol. The molecule has 2 aromatic rings. The van der Waals surface area contributed by atoms with E-state index in [1.807, 2.05) is 30.3 Å². The number of para-hydroxylation sites is 1. The average molecular weight is 288 g/mol. The minimum absolute atomic E-state index is 0.543. The molecule has 2 nitrogen and oxygen atoms in total. The molecule has 1 saturated carbocycles. The number of rotatable bonds is 6. The molecule has 0 spiro atoms. The second-order valence-electron chi connectivity index (χ2n) is 5.16. The van der Waals surface area contributed by atoms with Gasteiger partial charge < -0.3 is 10.1 Å². The predicted octanol–water partition coefficient (Wildman–Crippen LogP) is 4.17. The third-order valence-electron chi connectivity index (χ3n) is 3.43. The lowest BCUT2D eigenvalue weighted by Crippen LogP contribution is -2.16. The van der Waals surface area contributed by atoms with Crippen LogP contribution in [-0.4, -0.2) is 6.04 Å². The van der Waals surface area contributed by atoms with E-state index in [1.165, 1.54) is 12.8 Å². The second kappa shape index (κ2) is 6.29. The summed E-state index contributed by atoms with van der Waals surface area (Å²) in [5.41, 5.74) is 2.27. The molecule has 0 aromatic heterocycles. The van der Waals surface area contributed by atoms with E-state index >= 15 is 0 Å². The molecule has 0 radical (unpaired) electrons. The topological polar surface area (TPSA) is 21.3 Å². The molecule has 1 aliphatic carbocycles. The minimum Gasteiger partial charge on any atom is -0.487 e. The fraction of sp³-hybridized carbons (Fsp3) is 0.294. The minimum atomic E-state index is 0.543. The summed E-state index contributed by atoms with van der Waals surface area (Å²) in [6.45, 7) is 1.36. The van der Waals surface area contributed by atoms with Gasteiger partial charge >= 0.3 is 0 Å². The van der Waals surface area contributed by atoms with Gasteiger partial charge in [-0.2, -0.15) is 0 Å². The van der Waals surface area contributed by atoms with Crippen LogP contribution >= 0.6 is 11.6 Å². The van der Waals surface area contributed by atoms with Gasteiger partial charge in [-0.25, -0.2) is 0 Å². The van der Waals surface area contributed by atoms with Crippen molar-refractivity contribution in [3.8, 4) is 5.75 Å². The van der Waals surface area contributed by atoms with Gasteiger partial charge in [0.15, 0.2) is 0 Å². The van der Waals surface area contributed by atoms with Gasteiger partial charge in [-0.3, -0.25) is 0 Å². The summed E-state index contributed by atoms with van der Waals surface area (Å²) in [6.07, 6.45) is 2.56. The van der Waals surface area contributed by atoms with Crippen molar-refractivity contribution in [2.75, 3.05) is 0 Å². The van der Waals surface area contributed by atoms with Crippen LogP contribution in [0.5, 0.6) is 5.75 Å². The van der Waals surface area contributed by atoms with E-state index in [4.69, 9.17) is 16.3 Å². The van der Waals surface area contributed by atoms with Gasteiger partial charge in [0, 0.05) is 18.2 Å². The van der Waals surface area contributed by atoms with E-state index in [2.05, 4.69) is 23.5 Å². The van der Waals surface area contributed by atoms with Crippen LogP contribution in [0.2, 0.25) is 5.02 Å². The zero-order valence-electron chi connectivity index (χ0n) is 11.3. The zero-order chi connectivity index (χ0) is 13.8. The molecule has 1 N–H and O–H groups in total. The van der Waals surface area contributed by atoms with Gasteiger partial charge in [0.2, 0.25) is 0 Å². The third kappa shape index (κ3) is 3.53. The Kier molecular flexibility index (Phi) is 4.24. The molecule has 104 valence electrons. The molecular formula is C17H18ClNO. The van der Waals surface area contributed by atoms with Crippen molar-refractivity contribution in [2.45, 2.75) is 32.0 Å². The van der Waals surface area contributed by atoms with Crippen LogP contribution < -0.4 is 10.1 Å². The van der Waals surface area contributed by atoms with Gasteiger partial charge in [0.05, 0.1) is 5.02 Å². The van der Waals surface area contributed by atoms with Gasteiger partial charge in [0.25, 0.3) is 0 Å². The van der Waals surface area contributed by atoms with Crippen LogP contribution in [-0.2, 0) is 13.2 Å². The Morgan fingerprint density at radius 2 is 1.85 bits per heavy atom. The molecule has 1 aliphatic rings. The smallest absolute Gasteiger partial charge is 0.142 e. The maximum Gasteiger partial charge on any atom is 0.142 e. The summed E-state index contributed by atoms with van der Waals surface area (Å²) in [4.78, 5) is 0. The number of halogens is 1. The highest BCUT2D eigenvalue weighted by Crippen LogP contribution is 2.30. The van der Waals surface area contributed by atoms with Gasteiger partial charge in [-0.1, -0.05) is 54.1 Å². The Bertz CT molecular complexity index is 566. The summed E-state index contributed by atoms with van der Waals surface area (Å²) in [6, 6.07) is 16.7. The number of hydrogen-bond donors (Lipinski definition) is 1. The van der Waals surface area contributed by atoms with Crippen molar-refractivity contribution < 1.29 is 4.74 Å². The highest BCUT2D eigenvalue weighted by Gasteiger charge is 2.21. The molecule has 0 atom stereocenters. The summed E-state index contributed by atoms with van der Waals surface area (Å²) in [7, 11) is 0. The molecule has 0 amide bonds. The molecule has 3 heteroatoms. The average Bonchev–Trinajstić information content (AvgIpc) is 3.29. The SMILES string of the molecule is Clc1cccc(CNC2CC2)c1OCc1ccccc1. The van der Waals surface area contributed by atoms with Crippen LogP contribution in [0, 0.1) is 0 Å². The van der Waals surface area contributed by atoms with Crippen LogP contribution in [0.4, 0.5) is 0 Å². The highest BCUT2D eigenvalue weighted by atomic mass is 35.5. The number of benzene rings is 2. The highest BCUT2D eigenvalue weighted by molar-refractivity contribution is 6.32.